The van der Waals surface area contributed by atoms with Crippen molar-refractivity contribution in [1.29, 1.82) is 0 Å². The fourth-order valence-corrected chi connectivity index (χ4v) is 4.87. The first kappa shape index (κ1) is 24.4. The molecule has 5 rings (SSSR count). The van der Waals surface area contributed by atoms with Gasteiger partial charge in [-0.15, -0.1) is 0 Å². The Kier molecular flexibility index (Phi) is 7.58. The molecule has 0 unspecified atom stereocenters. The van der Waals surface area contributed by atoms with Crippen LogP contribution in [0, 0.1) is 0 Å². The fraction of sp³-hybridized carbons (Fsp3) is 0.481. The Morgan fingerprint density at radius 2 is 1.92 bits per heavy atom. The molecule has 9 nitrogen and oxygen atoms in total. The fourth-order valence-electron chi connectivity index (χ4n) is 4.87. The van der Waals surface area contributed by atoms with Crippen LogP contribution in [0.5, 0.6) is 11.5 Å². The summed E-state index contributed by atoms with van der Waals surface area (Å²) in [5.41, 5.74) is 3.00. The highest BCUT2D eigenvalue weighted by molar-refractivity contribution is 6.04. The van der Waals surface area contributed by atoms with Gasteiger partial charge in [0.25, 0.3) is 11.9 Å². The van der Waals surface area contributed by atoms with Gasteiger partial charge in [-0.3, -0.25) is 9.69 Å². The SMILES string of the molecule is CCOc1cc(CN2CCC(Nc3nc4cccc(C(=O)N5CCOCC5)c4o3)CC2)ccc1OC. The van der Waals surface area contributed by atoms with E-state index in [-0.39, 0.29) is 11.9 Å². The van der Waals surface area contributed by atoms with E-state index in [0.29, 0.717) is 55.6 Å². The van der Waals surface area contributed by atoms with Crippen molar-refractivity contribution in [3.05, 3.63) is 47.5 Å². The van der Waals surface area contributed by atoms with Gasteiger partial charge < -0.3 is 28.8 Å². The minimum absolute atomic E-state index is 0.0362. The van der Waals surface area contributed by atoms with E-state index in [4.69, 9.17) is 18.6 Å². The third-order valence-electron chi connectivity index (χ3n) is 6.79. The van der Waals surface area contributed by atoms with Crippen LogP contribution < -0.4 is 14.8 Å². The Bertz CT molecular complexity index is 1180. The van der Waals surface area contributed by atoms with Crippen molar-refractivity contribution in [1.82, 2.24) is 14.8 Å². The largest absolute Gasteiger partial charge is 0.493 e. The molecule has 0 atom stereocenters. The van der Waals surface area contributed by atoms with Crippen LogP contribution in [0.15, 0.2) is 40.8 Å². The standard InChI is InChI=1S/C27H34N4O5/c1-3-35-24-17-19(7-8-23(24)33-2)18-30-11-9-20(10-12-30)28-27-29-22-6-4-5-21(25(22)36-27)26(32)31-13-15-34-16-14-31/h4-8,17,20H,3,9-16,18H2,1-2H3,(H,28,29). The number of benzene rings is 2. The van der Waals surface area contributed by atoms with Crippen molar-refractivity contribution in [3.8, 4) is 11.5 Å². The molecule has 9 heteroatoms. The highest BCUT2D eigenvalue weighted by Crippen LogP contribution is 2.30. The maximum Gasteiger partial charge on any atom is 0.295 e. The molecule has 3 heterocycles. The van der Waals surface area contributed by atoms with Crippen LogP contribution in [-0.2, 0) is 11.3 Å². The summed E-state index contributed by atoms with van der Waals surface area (Å²) < 4.78 is 22.5. The molecule has 2 aliphatic rings. The van der Waals surface area contributed by atoms with Crippen LogP contribution in [0.4, 0.5) is 6.01 Å². The lowest BCUT2D eigenvalue weighted by atomic mass is 10.0. The first-order valence-corrected chi connectivity index (χ1v) is 12.7. The van der Waals surface area contributed by atoms with Crippen molar-refractivity contribution < 1.29 is 23.4 Å². The molecule has 0 saturated carbocycles. The summed E-state index contributed by atoms with van der Waals surface area (Å²) in [7, 11) is 1.66. The lowest BCUT2D eigenvalue weighted by Gasteiger charge is -2.32. The number of likely N-dealkylation sites (tertiary alicyclic amines) is 1. The Morgan fingerprint density at radius 1 is 1.11 bits per heavy atom. The molecular formula is C27H34N4O5. The predicted molar refractivity (Wildman–Crippen MR) is 137 cm³/mol. The summed E-state index contributed by atoms with van der Waals surface area (Å²) in [6.07, 6.45) is 1.96. The van der Waals surface area contributed by atoms with Gasteiger partial charge in [0.05, 0.1) is 32.5 Å². The number of anilines is 1. The molecule has 1 aromatic heterocycles. The Morgan fingerprint density at radius 3 is 2.67 bits per heavy atom. The number of morpholine rings is 1. The number of rotatable bonds is 8. The molecule has 192 valence electrons. The third kappa shape index (κ3) is 5.42. The molecule has 0 radical (unpaired) electrons. The molecule has 2 fully saturated rings. The average Bonchev–Trinajstić information content (AvgIpc) is 3.33. The van der Waals surface area contributed by atoms with Crippen molar-refractivity contribution in [3.63, 3.8) is 0 Å². The molecule has 0 spiro atoms. The van der Waals surface area contributed by atoms with Crippen LogP contribution in [0.1, 0.15) is 35.7 Å². The normalized spacial score (nSPS) is 17.3. The summed E-state index contributed by atoms with van der Waals surface area (Å²) in [4.78, 5) is 21.9. The topological polar surface area (TPSA) is 89.3 Å². The number of methoxy groups -OCH3 is 1. The molecule has 3 aromatic rings. The number of oxazole rings is 1. The highest BCUT2D eigenvalue weighted by Gasteiger charge is 2.25. The third-order valence-corrected chi connectivity index (χ3v) is 6.79. The number of carbonyl (C=O) groups is 1. The minimum atomic E-state index is -0.0362. The molecule has 2 aromatic carbocycles. The second-order valence-electron chi connectivity index (χ2n) is 9.19. The Hall–Kier alpha value is -3.30. The summed E-state index contributed by atoms with van der Waals surface area (Å²) in [5.74, 6) is 1.51. The molecule has 2 aliphatic heterocycles. The zero-order valence-electron chi connectivity index (χ0n) is 21.0. The number of amides is 1. The van der Waals surface area contributed by atoms with Gasteiger partial charge in [0.15, 0.2) is 17.1 Å². The van der Waals surface area contributed by atoms with E-state index >= 15 is 0 Å². The predicted octanol–water partition coefficient (Wildman–Crippen LogP) is 3.78. The van der Waals surface area contributed by atoms with Gasteiger partial charge in [0, 0.05) is 38.8 Å². The van der Waals surface area contributed by atoms with Gasteiger partial charge in [0.2, 0.25) is 0 Å². The molecular weight excluding hydrogens is 460 g/mol. The van der Waals surface area contributed by atoms with E-state index in [1.54, 1.807) is 7.11 Å². The maximum atomic E-state index is 13.0. The van der Waals surface area contributed by atoms with Crippen LogP contribution in [0.25, 0.3) is 11.1 Å². The lowest BCUT2D eigenvalue weighted by molar-refractivity contribution is 0.0303. The number of fused-ring (bicyclic) bond motifs is 1. The number of ether oxygens (including phenoxy) is 3. The highest BCUT2D eigenvalue weighted by atomic mass is 16.5. The monoisotopic (exact) mass is 494 g/mol. The minimum Gasteiger partial charge on any atom is -0.493 e. The summed E-state index contributed by atoms with van der Waals surface area (Å²) in [5, 5.41) is 3.46. The van der Waals surface area contributed by atoms with Gasteiger partial charge in [-0.2, -0.15) is 4.98 Å². The van der Waals surface area contributed by atoms with Crippen LogP contribution in [0.2, 0.25) is 0 Å². The van der Waals surface area contributed by atoms with E-state index in [1.807, 2.05) is 36.1 Å². The zero-order chi connectivity index (χ0) is 24.9. The molecule has 2 saturated heterocycles. The average molecular weight is 495 g/mol. The maximum absolute atomic E-state index is 13.0. The van der Waals surface area contributed by atoms with Gasteiger partial charge in [-0.25, -0.2) is 0 Å². The lowest BCUT2D eigenvalue weighted by Crippen LogP contribution is -2.40. The number of piperidine rings is 1. The summed E-state index contributed by atoms with van der Waals surface area (Å²) in [6.45, 7) is 7.70. The van der Waals surface area contributed by atoms with E-state index in [0.717, 1.165) is 44.0 Å². The van der Waals surface area contributed by atoms with Crippen molar-refractivity contribution >= 4 is 23.0 Å². The number of hydrogen-bond acceptors (Lipinski definition) is 8. The van der Waals surface area contributed by atoms with Gasteiger partial charge >= 0.3 is 0 Å². The van der Waals surface area contributed by atoms with E-state index in [1.165, 1.54) is 5.56 Å². The van der Waals surface area contributed by atoms with E-state index < -0.39 is 0 Å². The van der Waals surface area contributed by atoms with Gasteiger partial charge in [0.1, 0.15) is 5.52 Å². The van der Waals surface area contributed by atoms with Crippen LogP contribution in [0.3, 0.4) is 0 Å². The number of para-hydroxylation sites is 1. The first-order chi connectivity index (χ1) is 17.6. The second kappa shape index (κ2) is 11.2. The zero-order valence-corrected chi connectivity index (χ0v) is 21.0. The van der Waals surface area contributed by atoms with Gasteiger partial charge in [-0.1, -0.05) is 12.1 Å². The summed E-state index contributed by atoms with van der Waals surface area (Å²) >= 11 is 0. The Labute approximate surface area is 211 Å². The smallest absolute Gasteiger partial charge is 0.295 e. The molecule has 1 amide bonds. The number of hydrogen-bond donors (Lipinski definition) is 1. The number of aromatic nitrogens is 1. The van der Waals surface area contributed by atoms with Crippen molar-refractivity contribution in [2.45, 2.75) is 32.4 Å². The first-order valence-electron chi connectivity index (χ1n) is 12.7. The second-order valence-corrected chi connectivity index (χ2v) is 9.19. The number of carbonyl (C=O) groups excluding carboxylic acids is 1. The van der Waals surface area contributed by atoms with Crippen molar-refractivity contribution in [2.24, 2.45) is 0 Å². The number of nitrogens with one attached hydrogen (secondary N) is 1. The quantitative estimate of drug-likeness (QED) is 0.506. The van der Waals surface area contributed by atoms with Crippen LogP contribution in [-0.4, -0.2) is 79.8 Å². The molecule has 0 aliphatic carbocycles. The summed E-state index contributed by atoms with van der Waals surface area (Å²) in [6, 6.07) is 12.4. The van der Waals surface area contributed by atoms with E-state index in [9.17, 15) is 4.79 Å². The molecule has 0 bridgehead atoms. The van der Waals surface area contributed by atoms with Gasteiger partial charge in [-0.05, 0) is 49.6 Å². The Balaban J connectivity index is 1.19. The number of nitrogens with zero attached hydrogens (tertiary/aromatic N) is 3. The molecule has 1 N–H and O–H groups in total. The van der Waals surface area contributed by atoms with E-state index in [2.05, 4.69) is 27.3 Å². The van der Waals surface area contributed by atoms with Crippen LogP contribution >= 0.6 is 0 Å². The van der Waals surface area contributed by atoms with Crippen molar-refractivity contribution in [2.75, 3.05) is 58.4 Å². The molecule has 36 heavy (non-hydrogen) atoms.